The second kappa shape index (κ2) is 6.87. The first-order chi connectivity index (χ1) is 9.56. The van der Waals surface area contributed by atoms with Crippen LogP contribution in [0.25, 0.3) is 0 Å². The fourth-order valence-electron chi connectivity index (χ4n) is 2.42. The molecule has 0 aliphatic heterocycles. The summed E-state index contributed by atoms with van der Waals surface area (Å²) in [5.74, 6) is -0.186. The van der Waals surface area contributed by atoms with Crippen molar-refractivity contribution in [1.29, 1.82) is 0 Å². The molecule has 0 radical (unpaired) electrons. The van der Waals surface area contributed by atoms with E-state index in [4.69, 9.17) is 11.6 Å². The van der Waals surface area contributed by atoms with Crippen molar-refractivity contribution in [2.24, 2.45) is 0 Å². The van der Waals surface area contributed by atoms with Gasteiger partial charge in [0.05, 0.1) is 0 Å². The van der Waals surface area contributed by atoms with E-state index in [1.807, 2.05) is 30.3 Å². The first-order valence-electron chi connectivity index (χ1n) is 6.81. The second-order valence-corrected chi connectivity index (χ2v) is 5.55. The van der Waals surface area contributed by atoms with E-state index >= 15 is 0 Å². The summed E-state index contributed by atoms with van der Waals surface area (Å²) in [7, 11) is 0. The normalized spacial score (nSPS) is 14.0. The van der Waals surface area contributed by atoms with Gasteiger partial charge >= 0.3 is 0 Å². The molecular weight excluding hydrogens is 273 g/mol. The van der Waals surface area contributed by atoms with Crippen LogP contribution in [0.15, 0.2) is 48.5 Å². The molecule has 1 nitrogen and oxygen atoms in total. The van der Waals surface area contributed by atoms with Gasteiger partial charge in [-0.1, -0.05) is 41.9 Å². The Morgan fingerprint density at radius 1 is 1.10 bits per heavy atom. The zero-order valence-corrected chi connectivity index (χ0v) is 12.5. The molecule has 0 fully saturated rings. The van der Waals surface area contributed by atoms with Gasteiger partial charge in [-0.15, -0.1) is 0 Å². The van der Waals surface area contributed by atoms with Gasteiger partial charge in [-0.2, -0.15) is 0 Å². The lowest BCUT2D eigenvalue weighted by atomic mass is 10.0. The van der Waals surface area contributed by atoms with E-state index in [1.54, 1.807) is 12.1 Å². The molecule has 1 N–H and O–H groups in total. The van der Waals surface area contributed by atoms with Crippen LogP contribution in [0.4, 0.5) is 4.39 Å². The molecule has 2 rings (SSSR count). The number of halogens is 2. The van der Waals surface area contributed by atoms with Gasteiger partial charge in [-0.05, 0) is 49.6 Å². The molecule has 0 saturated heterocycles. The minimum atomic E-state index is -0.186. The first kappa shape index (κ1) is 15.0. The third-order valence-corrected chi connectivity index (χ3v) is 3.68. The minimum Gasteiger partial charge on any atom is -0.307 e. The lowest BCUT2D eigenvalue weighted by molar-refractivity contribution is 0.476. The molecule has 0 aliphatic rings. The number of hydrogen-bond donors (Lipinski definition) is 1. The fraction of sp³-hybridized carbons (Fsp3) is 0.294. The van der Waals surface area contributed by atoms with Crippen molar-refractivity contribution in [3.8, 4) is 0 Å². The smallest absolute Gasteiger partial charge is 0.123 e. The van der Waals surface area contributed by atoms with E-state index in [1.165, 1.54) is 6.07 Å². The van der Waals surface area contributed by atoms with Crippen LogP contribution >= 0.6 is 11.6 Å². The van der Waals surface area contributed by atoms with Gasteiger partial charge in [0.25, 0.3) is 0 Å². The van der Waals surface area contributed by atoms with Crippen molar-refractivity contribution in [1.82, 2.24) is 5.32 Å². The third-order valence-electron chi connectivity index (χ3n) is 3.34. The Bertz CT molecular complexity index is 570. The Balaban J connectivity index is 1.98. The minimum absolute atomic E-state index is 0.159. The highest BCUT2D eigenvalue weighted by atomic mass is 35.5. The molecule has 0 saturated carbocycles. The number of rotatable bonds is 5. The maximum atomic E-state index is 13.2. The van der Waals surface area contributed by atoms with Crippen LogP contribution in [0.2, 0.25) is 5.02 Å². The van der Waals surface area contributed by atoms with Crippen LogP contribution in [0, 0.1) is 5.82 Å². The third kappa shape index (κ3) is 4.06. The predicted octanol–water partition coefficient (Wildman–Crippen LogP) is 4.76. The summed E-state index contributed by atoms with van der Waals surface area (Å²) in [6, 6.07) is 15.0. The molecule has 0 bridgehead atoms. The maximum absolute atomic E-state index is 13.2. The Labute approximate surface area is 124 Å². The number of benzene rings is 2. The summed E-state index contributed by atoms with van der Waals surface area (Å²) in [5.41, 5.74) is 2.08. The Morgan fingerprint density at radius 3 is 2.55 bits per heavy atom. The average molecular weight is 292 g/mol. The summed E-state index contributed by atoms with van der Waals surface area (Å²) >= 11 is 6.19. The van der Waals surface area contributed by atoms with E-state index in [0.29, 0.717) is 0 Å². The van der Waals surface area contributed by atoms with Crippen LogP contribution in [-0.2, 0) is 6.42 Å². The predicted molar refractivity (Wildman–Crippen MR) is 82.6 cm³/mol. The van der Waals surface area contributed by atoms with E-state index < -0.39 is 0 Å². The lowest BCUT2D eigenvalue weighted by Crippen LogP contribution is -2.30. The molecule has 106 valence electrons. The Hall–Kier alpha value is -1.38. The molecular formula is C17H19ClFN. The standard InChI is InChI=1S/C17H19ClFN/c1-12(10-14-6-5-7-15(19)11-14)20-13(2)16-8-3-4-9-17(16)18/h3-9,11-13,20H,10H2,1-2H3/t12?,13-/m1/s1. The SMILES string of the molecule is CC(Cc1cccc(F)c1)N[C@H](C)c1ccccc1Cl. The molecule has 0 aromatic heterocycles. The van der Waals surface area contributed by atoms with Crippen molar-refractivity contribution < 1.29 is 4.39 Å². The van der Waals surface area contributed by atoms with Gasteiger partial charge in [0, 0.05) is 17.1 Å². The molecule has 0 spiro atoms. The van der Waals surface area contributed by atoms with Crippen molar-refractivity contribution in [2.45, 2.75) is 32.4 Å². The average Bonchev–Trinajstić information content (AvgIpc) is 2.38. The molecule has 2 aromatic rings. The van der Waals surface area contributed by atoms with Gasteiger partial charge in [0.2, 0.25) is 0 Å². The molecule has 20 heavy (non-hydrogen) atoms. The van der Waals surface area contributed by atoms with Crippen molar-refractivity contribution in [2.75, 3.05) is 0 Å². The zero-order chi connectivity index (χ0) is 14.5. The molecule has 0 heterocycles. The highest BCUT2D eigenvalue weighted by Gasteiger charge is 2.12. The molecule has 2 aromatic carbocycles. The second-order valence-electron chi connectivity index (χ2n) is 5.14. The van der Waals surface area contributed by atoms with E-state index in [0.717, 1.165) is 22.6 Å². The first-order valence-corrected chi connectivity index (χ1v) is 7.19. The highest BCUT2D eigenvalue weighted by molar-refractivity contribution is 6.31. The summed E-state index contributed by atoms with van der Waals surface area (Å²) in [4.78, 5) is 0. The summed E-state index contributed by atoms with van der Waals surface area (Å²) in [6.45, 7) is 4.18. The Kier molecular flexibility index (Phi) is 5.16. The van der Waals surface area contributed by atoms with Gasteiger partial charge in [0.1, 0.15) is 5.82 Å². The quantitative estimate of drug-likeness (QED) is 0.837. The maximum Gasteiger partial charge on any atom is 0.123 e. The van der Waals surface area contributed by atoms with Crippen molar-refractivity contribution in [3.05, 3.63) is 70.5 Å². The fourth-order valence-corrected chi connectivity index (χ4v) is 2.72. The van der Waals surface area contributed by atoms with Gasteiger partial charge in [-0.25, -0.2) is 4.39 Å². The lowest BCUT2D eigenvalue weighted by Gasteiger charge is -2.21. The summed E-state index contributed by atoms with van der Waals surface area (Å²) < 4.78 is 13.2. The summed E-state index contributed by atoms with van der Waals surface area (Å²) in [5, 5.41) is 4.27. The van der Waals surface area contributed by atoms with Crippen LogP contribution in [0.1, 0.15) is 31.0 Å². The Morgan fingerprint density at radius 2 is 1.85 bits per heavy atom. The highest BCUT2D eigenvalue weighted by Crippen LogP contribution is 2.22. The topological polar surface area (TPSA) is 12.0 Å². The monoisotopic (exact) mass is 291 g/mol. The number of hydrogen-bond acceptors (Lipinski definition) is 1. The van der Waals surface area contributed by atoms with Gasteiger partial charge in [-0.3, -0.25) is 0 Å². The van der Waals surface area contributed by atoms with Crippen LogP contribution in [-0.4, -0.2) is 6.04 Å². The van der Waals surface area contributed by atoms with Gasteiger partial charge < -0.3 is 5.32 Å². The largest absolute Gasteiger partial charge is 0.307 e. The summed E-state index contributed by atoms with van der Waals surface area (Å²) in [6.07, 6.45) is 0.784. The van der Waals surface area contributed by atoms with E-state index in [2.05, 4.69) is 19.2 Å². The molecule has 1 unspecified atom stereocenters. The van der Waals surface area contributed by atoms with E-state index in [9.17, 15) is 4.39 Å². The number of nitrogens with one attached hydrogen (secondary N) is 1. The zero-order valence-electron chi connectivity index (χ0n) is 11.7. The van der Waals surface area contributed by atoms with Crippen molar-refractivity contribution in [3.63, 3.8) is 0 Å². The van der Waals surface area contributed by atoms with Crippen LogP contribution < -0.4 is 5.32 Å². The van der Waals surface area contributed by atoms with Crippen LogP contribution in [0.3, 0.4) is 0 Å². The molecule has 2 atom stereocenters. The van der Waals surface area contributed by atoms with Crippen molar-refractivity contribution >= 4 is 11.6 Å². The molecule has 0 aliphatic carbocycles. The van der Waals surface area contributed by atoms with Crippen LogP contribution in [0.5, 0.6) is 0 Å². The molecule has 3 heteroatoms. The van der Waals surface area contributed by atoms with Gasteiger partial charge in [0.15, 0.2) is 0 Å². The molecule has 0 amide bonds. The van der Waals surface area contributed by atoms with E-state index in [-0.39, 0.29) is 17.9 Å².